The summed E-state index contributed by atoms with van der Waals surface area (Å²) >= 11 is 5.97. The molecule has 0 saturated carbocycles. The molecule has 9 heteroatoms. The van der Waals surface area contributed by atoms with E-state index in [0.29, 0.717) is 16.9 Å². The Hall–Kier alpha value is -3.65. The van der Waals surface area contributed by atoms with Gasteiger partial charge in [-0.15, -0.1) is 0 Å². The molecule has 0 spiro atoms. The zero-order valence-corrected chi connectivity index (χ0v) is 19.8. The van der Waals surface area contributed by atoms with Crippen LogP contribution in [0.25, 0.3) is 5.69 Å². The van der Waals surface area contributed by atoms with E-state index in [1.54, 1.807) is 24.2 Å². The van der Waals surface area contributed by atoms with Crippen LogP contribution in [0, 0.1) is 5.82 Å². The number of nitrogens with zero attached hydrogens (tertiary/aromatic N) is 5. The predicted molar refractivity (Wildman–Crippen MR) is 131 cm³/mol. The number of hydrogen-bond acceptors (Lipinski definition) is 6. The number of halogens is 2. The van der Waals surface area contributed by atoms with Gasteiger partial charge in [0.2, 0.25) is 5.95 Å². The van der Waals surface area contributed by atoms with Crippen molar-refractivity contribution < 1.29 is 9.13 Å². The third-order valence-electron chi connectivity index (χ3n) is 5.99. The molecular formula is C25H24ClFN6O. The molecule has 1 aliphatic carbocycles. The highest BCUT2D eigenvalue weighted by atomic mass is 35.5. The Morgan fingerprint density at radius 3 is 2.62 bits per heavy atom. The van der Waals surface area contributed by atoms with Gasteiger partial charge in [0, 0.05) is 43.5 Å². The number of imidazole rings is 1. The maximum Gasteiger partial charge on any atom is 0.229 e. The highest BCUT2D eigenvalue weighted by Crippen LogP contribution is 2.41. The molecule has 1 aliphatic rings. The number of rotatable bonds is 6. The molecule has 1 atom stereocenters. The average Bonchev–Trinajstić information content (AvgIpc) is 3.45. The second-order valence-corrected chi connectivity index (χ2v) is 8.77. The maximum atomic E-state index is 13.5. The Bertz CT molecular complexity index is 1340. The fraction of sp³-hybridized carbons (Fsp3) is 0.240. The molecule has 2 aromatic heterocycles. The van der Waals surface area contributed by atoms with Crippen molar-refractivity contribution in [3.63, 3.8) is 0 Å². The molecule has 0 bridgehead atoms. The number of aromatic nitrogens is 4. The van der Waals surface area contributed by atoms with Crippen molar-refractivity contribution in [2.75, 3.05) is 31.4 Å². The Balaban J connectivity index is 1.50. The summed E-state index contributed by atoms with van der Waals surface area (Å²) < 4.78 is 20.9. The van der Waals surface area contributed by atoms with Gasteiger partial charge < -0.3 is 19.5 Å². The lowest BCUT2D eigenvalue weighted by Crippen LogP contribution is -2.16. The van der Waals surface area contributed by atoms with Crippen LogP contribution in [0.4, 0.5) is 21.8 Å². The van der Waals surface area contributed by atoms with E-state index in [-0.39, 0.29) is 11.7 Å². The number of anilines is 3. The normalized spacial score (nSPS) is 14.7. The van der Waals surface area contributed by atoms with E-state index in [2.05, 4.69) is 10.3 Å². The number of methoxy groups -OCH3 is 1. The summed E-state index contributed by atoms with van der Waals surface area (Å²) in [6, 6.07) is 12.4. The molecule has 1 N–H and O–H groups in total. The molecule has 1 unspecified atom stereocenters. The van der Waals surface area contributed by atoms with Gasteiger partial charge in [-0.2, -0.15) is 4.98 Å². The van der Waals surface area contributed by atoms with E-state index in [0.717, 1.165) is 46.9 Å². The monoisotopic (exact) mass is 478 g/mol. The second kappa shape index (κ2) is 8.95. The molecule has 4 aromatic rings. The lowest BCUT2D eigenvalue weighted by molar-refractivity contribution is 0.413. The molecule has 5 rings (SSSR count). The lowest BCUT2D eigenvalue weighted by Gasteiger charge is -2.19. The third kappa shape index (κ3) is 4.17. The van der Waals surface area contributed by atoms with Crippen LogP contribution in [0.1, 0.15) is 29.2 Å². The lowest BCUT2D eigenvalue weighted by atomic mass is 9.97. The van der Waals surface area contributed by atoms with E-state index >= 15 is 0 Å². The van der Waals surface area contributed by atoms with Gasteiger partial charge in [0.05, 0.1) is 18.5 Å². The summed E-state index contributed by atoms with van der Waals surface area (Å²) in [7, 11) is 5.57. The highest BCUT2D eigenvalue weighted by Gasteiger charge is 2.30. The Kier molecular flexibility index (Phi) is 5.83. The number of nitrogens with one attached hydrogen (secondary N) is 1. The fourth-order valence-electron chi connectivity index (χ4n) is 4.42. The number of fused-ring (bicyclic) bond motifs is 1. The van der Waals surface area contributed by atoms with Gasteiger partial charge in [0.25, 0.3) is 0 Å². The first-order chi connectivity index (χ1) is 16.4. The summed E-state index contributed by atoms with van der Waals surface area (Å²) in [6.07, 6.45) is 5.14. The molecular weight excluding hydrogens is 455 g/mol. The Morgan fingerprint density at radius 1 is 1.15 bits per heavy atom. The standard InChI is InChI=1S/C25H24ClFN6O/c1-32(2)24-19-10-9-18(15-4-6-16(27)7-5-15)23(19)30-25(31-24)29-17-8-11-20(21(12-17)34-3)33-13-22(26)28-14-33/h4-8,11-14,18H,9-10H2,1-3H3,(H,29,30,31). The van der Waals surface area contributed by atoms with Gasteiger partial charge >= 0.3 is 0 Å². The van der Waals surface area contributed by atoms with Crippen molar-refractivity contribution in [1.82, 2.24) is 19.5 Å². The molecule has 0 saturated heterocycles. The first kappa shape index (κ1) is 22.2. The van der Waals surface area contributed by atoms with Crippen LogP contribution in [0.5, 0.6) is 5.75 Å². The Morgan fingerprint density at radius 2 is 1.94 bits per heavy atom. The van der Waals surface area contributed by atoms with Crippen molar-refractivity contribution >= 4 is 29.1 Å². The van der Waals surface area contributed by atoms with Crippen molar-refractivity contribution in [3.8, 4) is 11.4 Å². The molecule has 0 fully saturated rings. The van der Waals surface area contributed by atoms with Crippen LogP contribution in [0.15, 0.2) is 55.0 Å². The van der Waals surface area contributed by atoms with Gasteiger partial charge in [0.15, 0.2) is 0 Å². The van der Waals surface area contributed by atoms with Crippen molar-refractivity contribution in [1.29, 1.82) is 0 Å². The van der Waals surface area contributed by atoms with Gasteiger partial charge in [-0.1, -0.05) is 23.7 Å². The average molecular weight is 479 g/mol. The third-order valence-corrected chi connectivity index (χ3v) is 6.19. The molecule has 0 amide bonds. The highest BCUT2D eigenvalue weighted by molar-refractivity contribution is 6.29. The minimum absolute atomic E-state index is 0.0979. The summed E-state index contributed by atoms with van der Waals surface area (Å²) in [6.45, 7) is 0. The summed E-state index contributed by atoms with van der Waals surface area (Å²) in [5.41, 5.74) is 4.76. The van der Waals surface area contributed by atoms with E-state index in [1.165, 1.54) is 12.1 Å². The van der Waals surface area contributed by atoms with E-state index in [4.69, 9.17) is 26.3 Å². The summed E-state index contributed by atoms with van der Waals surface area (Å²) in [5.74, 6) is 1.89. The molecule has 2 aromatic carbocycles. The topological polar surface area (TPSA) is 68.1 Å². The van der Waals surface area contributed by atoms with Crippen LogP contribution >= 0.6 is 11.6 Å². The van der Waals surface area contributed by atoms with Crippen molar-refractivity contribution in [3.05, 3.63) is 82.8 Å². The second-order valence-electron chi connectivity index (χ2n) is 8.39. The molecule has 0 radical (unpaired) electrons. The Labute approximate surface area is 202 Å². The number of ether oxygens (including phenoxy) is 1. The molecule has 34 heavy (non-hydrogen) atoms. The number of hydrogen-bond donors (Lipinski definition) is 1. The summed E-state index contributed by atoms with van der Waals surface area (Å²) in [4.78, 5) is 15.8. The molecule has 7 nitrogen and oxygen atoms in total. The number of benzene rings is 2. The van der Waals surface area contributed by atoms with E-state index < -0.39 is 0 Å². The van der Waals surface area contributed by atoms with E-state index in [1.807, 2.05) is 49.3 Å². The molecule has 0 aliphatic heterocycles. The smallest absolute Gasteiger partial charge is 0.229 e. The first-order valence-corrected chi connectivity index (χ1v) is 11.3. The van der Waals surface area contributed by atoms with Crippen LogP contribution in [0.2, 0.25) is 5.15 Å². The minimum atomic E-state index is -0.239. The van der Waals surface area contributed by atoms with Crippen molar-refractivity contribution in [2.45, 2.75) is 18.8 Å². The maximum absolute atomic E-state index is 13.5. The van der Waals surface area contributed by atoms with Crippen molar-refractivity contribution in [2.24, 2.45) is 0 Å². The van der Waals surface area contributed by atoms with E-state index in [9.17, 15) is 4.39 Å². The predicted octanol–water partition coefficient (Wildman–Crippen LogP) is 5.35. The quantitative estimate of drug-likeness (QED) is 0.403. The van der Waals surface area contributed by atoms with Gasteiger partial charge in [-0.25, -0.2) is 14.4 Å². The van der Waals surface area contributed by atoms with Crippen LogP contribution in [0.3, 0.4) is 0 Å². The molecule has 174 valence electrons. The van der Waals surface area contributed by atoms with Crippen LogP contribution in [-0.4, -0.2) is 40.7 Å². The van der Waals surface area contributed by atoms with Gasteiger partial charge in [-0.05, 0) is 42.7 Å². The van der Waals surface area contributed by atoms with Crippen LogP contribution < -0.4 is 15.0 Å². The zero-order chi connectivity index (χ0) is 23.8. The minimum Gasteiger partial charge on any atom is -0.494 e. The fourth-order valence-corrected chi connectivity index (χ4v) is 4.56. The first-order valence-electron chi connectivity index (χ1n) is 10.9. The van der Waals surface area contributed by atoms with Gasteiger partial charge in [-0.3, -0.25) is 0 Å². The van der Waals surface area contributed by atoms with Crippen LogP contribution in [-0.2, 0) is 6.42 Å². The zero-order valence-electron chi connectivity index (χ0n) is 19.1. The van der Waals surface area contributed by atoms with Gasteiger partial charge in [0.1, 0.15) is 28.9 Å². The SMILES string of the molecule is COc1cc(Nc2nc3c(c(N(C)C)n2)CCC3c2ccc(F)cc2)ccc1-n1cnc(Cl)c1. The largest absolute Gasteiger partial charge is 0.494 e. The molecule has 2 heterocycles. The summed E-state index contributed by atoms with van der Waals surface area (Å²) in [5, 5.41) is 3.73.